The van der Waals surface area contributed by atoms with Crippen molar-refractivity contribution in [3.8, 4) is 0 Å². The van der Waals surface area contributed by atoms with E-state index in [1.54, 1.807) is 0 Å². The first-order valence-electron chi connectivity index (χ1n) is 28.0. The van der Waals surface area contributed by atoms with Crippen LogP contribution in [-0.2, 0) is 57.1 Å². The Morgan fingerprint density at radius 2 is 0.859 bits per heavy atom. The van der Waals surface area contributed by atoms with E-state index in [1.165, 1.54) is 44.9 Å². The van der Waals surface area contributed by atoms with Crippen LogP contribution >= 0.6 is 0 Å². The summed E-state index contributed by atoms with van der Waals surface area (Å²) in [6.07, 6.45) is 29.6. The zero-order chi connectivity index (χ0) is 51.4. The van der Waals surface area contributed by atoms with Gasteiger partial charge in [-0.1, -0.05) is 90.5 Å². The lowest BCUT2D eigenvalue weighted by Crippen LogP contribution is -2.47. The van der Waals surface area contributed by atoms with Crippen LogP contribution in [0.4, 0.5) is 4.79 Å². The van der Waals surface area contributed by atoms with Gasteiger partial charge < -0.3 is 38.1 Å². The summed E-state index contributed by atoms with van der Waals surface area (Å²) in [6, 6.07) is 0. The van der Waals surface area contributed by atoms with Gasteiger partial charge in [0.15, 0.2) is 0 Å². The summed E-state index contributed by atoms with van der Waals surface area (Å²) >= 11 is 0. The van der Waals surface area contributed by atoms with Crippen molar-refractivity contribution < 1.29 is 61.9 Å². The third-order valence-corrected chi connectivity index (χ3v) is 14.4. The zero-order valence-electron chi connectivity index (χ0n) is 44.7. The third-order valence-electron chi connectivity index (χ3n) is 14.4. The normalized spacial score (nSPS) is 19.3. The highest BCUT2D eigenvalue weighted by atomic mass is 16.7. The van der Waals surface area contributed by atoms with E-state index in [4.69, 9.17) is 33.2 Å². The van der Waals surface area contributed by atoms with Crippen molar-refractivity contribution in [1.29, 1.82) is 0 Å². The van der Waals surface area contributed by atoms with Crippen LogP contribution in [0.25, 0.3) is 0 Å². The smallest absolute Gasteiger partial charge is 0.465 e. The number of esters is 5. The SMILES string of the molecule is CCCCC/C=C\CCOC(=O)CCCCCC(=O)OCC(COC(=O)CCCCCC(=O)OCC/C=C\CCCCC)(COC(=O)CC12CC3CC(CC(C3)C1)C2)COC(=O)OCCCN(CC)CC. The third kappa shape index (κ3) is 27.6. The van der Waals surface area contributed by atoms with Crippen LogP contribution in [0.2, 0.25) is 0 Å². The number of rotatable bonds is 42. The lowest BCUT2D eigenvalue weighted by Gasteiger charge is -2.56. The molecule has 4 saturated carbocycles. The molecule has 0 aliphatic heterocycles. The molecule has 0 aromatic heterocycles. The van der Waals surface area contributed by atoms with Crippen LogP contribution in [0.1, 0.15) is 207 Å². The van der Waals surface area contributed by atoms with E-state index < -0.39 is 30.1 Å². The van der Waals surface area contributed by atoms with Gasteiger partial charge in [0.05, 0.1) is 26.2 Å². The van der Waals surface area contributed by atoms with Crippen molar-refractivity contribution in [3.63, 3.8) is 0 Å². The average Bonchev–Trinajstić information content (AvgIpc) is 3.34. The summed E-state index contributed by atoms with van der Waals surface area (Å²) in [7, 11) is 0. The van der Waals surface area contributed by atoms with Crippen LogP contribution in [0.3, 0.4) is 0 Å². The van der Waals surface area contributed by atoms with Crippen LogP contribution < -0.4 is 0 Å². The molecule has 4 bridgehead atoms. The second-order valence-corrected chi connectivity index (χ2v) is 20.9. The number of carbonyl (C=O) groups is 6. The highest BCUT2D eigenvalue weighted by molar-refractivity contribution is 5.72. The van der Waals surface area contributed by atoms with Crippen LogP contribution in [-0.4, -0.2) is 107 Å². The average molecular weight is 1000 g/mol. The molecule has 4 fully saturated rings. The molecule has 0 heterocycles. The predicted octanol–water partition coefficient (Wildman–Crippen LogP) is 12.1. The second-order valence-electron chi connectivity index (χ2n) is 20.9. The van der Waals surface area contributed by atoms with E-state index in [2.05, 4.69) is 56.9 Å². The molecule has 0 radical (unpaired) electrons. The molecule has 0 unspecified atom stereocenters. The van der Waals surface area contributed by atoms with Crippen molar-refractivity contribution >= 4 is 36.0 Å². The number of hydrogen-bond donors (Lipinski definition) is 0. The quantitative estimate of drug-likeness (QED) is 0.0245. The fraction of sp³-hybridized carbons (Fsp3) is 0.825. The molecule has 0 amide bonds. The molecule has 71 heavy (non-hydrogen) atoms. The number of allylic oxidation sites excluding steroid dienone is 2. The van der Waals surface area contributed by atoms with Gasteiger partial charge in [-0.3, -0.25) is 24.0 Å². The van der Waals surface area contributed by atoms with E-state index in [0.29, 0.717) is 88.8 Å². The van der Waals surface area contributed by atoms with Crippen molar-refractivity contribution in [2.45, 2.75) is 207 Å². The molecule has 0 atom stereocenters. The number of unbranched alkanes of at least 4 members (excludes halogenated alkanes) is 10. The van der Waals surface area contributed by atoms with Gasteiger partial charge in [0, 0.05) is 32.2 Å². The minimum atomic E-state index is -1.43. The van der Waals surface area contributed by atoms with Crippen LogP contribution in [0.15, 0.2) is 24.3 Å². The summed E-state index contributed by atoms with van der Waals surface area (Å²) in [4.78, 5) is 80.1. The Balaban J connectivity index is 1.58. The van der Waals surface area contributed by atoms with Gasteiger partial charge >= 0.3 is 36.0 Å². The Morgan fingerprint density at radius 3 is 1.30 bits per heavy atom. The summed E-state index contributed by atoms with van der Waals surface area (Å²) in [5, 5.41) is 0. The molecule has 0 spiro atoms. The van der Waals surface area contributed by atoms with Gasteiger partial charge in [-0.2, -0.15) is 0 Å². The van der Waals surface area contributed by atoms with Crippen molar-refractivity contribution in [2.75, 3.05) is 65.9 Å². The Hall–Kier alpha value is -3.94. The van der Waals surface area contributed by atoms with Gasteiger partial charge in [0.25, 0.3) is 0 Å². The lowest BCUT2D eigenvalue weighted by molar-refractivity contribution is -0.169. The summed E-state index contributed by atoms with van der Waals surface area (Å²) in [5.41, 5.74) is -1.51. The molecule has 14 heteroatoms. The minimum absolute atomic E-state index is 0.0682. The largest absolute Gasteiger partial charge is 0.508 e. The van der Waals surface area contributed by atoms with Gasteiger partial charge in [0.1, 0.15) is 31.8 Å². The number of hydrogen-bond acceptors (Lipinski definition) is 14. The van der Waals surface area contributed by atoms with Crippen molar-refractivity contribution in [1.82, 2.24) is 4.90 Å². The van der Waals surface area contributed by atoms with E-state index in [9.17, 15) is 28.8 Å². The summed E-state index contributed by atoms with van der Waals surface area (Å²) < 4.78 is 39.4. The van der Waals surface area contributed by atoms with Gasteiger partial charge in [-0.25, -0.2) is 4.79 Å². The molecular formula is C57H95NO13. The van der Waals surface area contributed by atoms with Crippen LogP contribution in [0.5, 0.6) is 0 Å². The maximum Gasteiger partial charge on any atom is 0.508 e. The summed E-state index contributed by atoms with van der Waals surface area (Å²) in [5.74, 6) is -0.00208. The van der Waals surface area contributed by atoms with Crippen LogP contribution in [0, 0.1) is 28.6 Å². The molecule has 0 N–H and O–H groups in total. The Morgan fingerprint density at radius 1 is 0.451 bits per heavy atom. The monoisotopic (exact) mass is 1000 g/mol. The van der Waals surface area contributed by atoms with E-state index in [0.717, 1.165) is 64.6 Å². The Labute approximate surface area is 427 Å². The standard InChI is InChI=1S/C57H95NO13/c1-5-9-11-13-15-17-25-33-65-50(59)28-21-19-23-30-52(61)68-43-57(46-71-55(64)67-35-27-32-58(7-3)8-4,45-70-54(63)42-56-39-47-36-48(40-56)38-49(37-47)41-56)44-69-53(62)31-24-20-22-29-51(60)66-34-26-18-16-14-12-10-6-2/h15-18,47-49H,5-14,19-46H2,1-4H3/b17-15-,18-16-. The molecule has 0 saturated heterocycles. The van der Waals surface area contributed by atoms with Gasteiger partial charge in [-0.05, 0) is 145 Å². The Kier molecular flexibility index (Phi) is 31.9. The summed E-state index contributed by atoms with van der Waals surface area (Å²) in [6.45, 7) is 10.4. The van der Waals surface area contributed by atoms with E-state index >= 15 is 0 Å². The topological polar surface area (TPSA) is 170 Å². The molecule has 0 aromatic rings. The number of nitrogens with zero attached hydrogens (tertiary/aromatic N) is 1. The highest BCUT2D eigenvalue weighted by Crippen LogP contribution is 2.61. The number of ether oxygens (including phenoxy) is 7. The van der Waals surface area contributed by atoms with E-state index in [-0.39, 0.29) is 81.9 Å². The molecule has 4 aliphatic carbocycles. The van der Waals surface area contributed by atoms with E-state index in [1.807, 2.05) is 0 Å². The maximum atomic E-state index is 13.8. The molecule has 14 nitrogen and oxygen atoms in total. The van der Waals surface area contributed by atoms with Gasteiger partial charge in [-0.15, -0.1) is 0 Å². The Bertz CT molecular complexity index is 1490. The van der Waals surface area contributed by atoms with Crippen molar-refractivity contribution in [2.24, 2.45) is 28.6 Å². The maximum absolute atomic E-state index is 13.8. The lowest BCUT2D eigenvalue weighted by atomic mass is 9.49. The highest BCUT2D eigenvalue weighted by Gasteiger charge is 2.52. The fourth-order valence-electron chi connectivity index (χ4n) is 10.7. The minimum Gasteiger partial charge on any atom is -0.465 e. The number of carbonyl (C=O) groups excluding carboxylic acids is 6. The first-order chi connectivity index (χ1) is 34.4. The molecule has 0 aromatic carbocycles. The first kappa shape index (κ1) is 61.4. The first-order valence-corrected chi connectivity index (χ1v) is 28.0. The van der Waals surface area contributed by atoms with Crippen molar-refractivity contribution in [3.05, 3.63) is 24.3 Å². The fourth-order valence-corrected chi connectivity index (χ4v) is 10.7. The van der Waals surface area contributed by atoms with Gasteiger partial charge in [0.2, 0.25) is 0 Å². The molecule has 406 valence electrons. The zero-order valence-corrected chi connectivity index (χ0v) is 44.7. The molecule has 4 rings (SSSR count). The molecule has 4 aliphatic rings. The second kappa shape index (κ2) is 36.9. The molecular weight excluding hydrogens is 907 g/mol. The predicted molar refractivity (Wildman–Crippen MR) is 274 cm³/mol.